The maximum Gasteiger partial charge on any atom is 0.191 e. The number of aliphatic imine (C=N–C) groups is 1. The molecule has 0 amide bonds. The fourth-order valence-electron chi connectivity index (χ4n) is 3.56. The first-order valence-electron chi connectivity index (χ1n) is 9.60. The second-order valence-corrected chi connectivity index (χ2v) is 7.05. The molecule has 0 aromatic heterocycles. The van der Waals surface area contributed by atoms with E-state index in [4.69, 9.17) is 4.74 Å². The Morgan fingerprint density at radius 1 is 1.14 bits per heavy atom. The number of hydrogen-bond acceptors (Lipinski definition) is 3. The first kappa shape index (κ1) is 22.3. The molecule has 1 saturated carbocycles. The van der Waals surface area contributed by atoms with Crippen molar-refractivity contribution in [3.05, 3.63) is 59.7 Å². The van der Waals surface area contributed by atoms with Crippen LogP contribution in [0.15, 0.2) is 53.5 Å². The predicted octanol–water partition coefficient (Wildman–Crippen LogP) is 4.20. The summed E-state index contributed by atoms with van der Waals surface area (Å²) in [7, 11) is 1.54. The summed E-state index contributed by atoms with van der Waals surface area (Å²) < 4.78 is 5.09. The fraction of sp³-hybridized carbons (Fsp3) is 0.409. The number of rotatable bonds is 7. The Labute approximate surface area is 184 Å². The van der Waals surface area contributed by atoms with Gasteiger partial charge in [-0.2, -0.15) is 0 Å². The number of methoxy groups -OCH3 is 1. The van der Waals surface area contributed by atoms with E-state index < -0.39 is 0 Å². The molecule has 28 heavy (non-hydrogen) atoms. The van der Waals surface area contributed by atoms with Gasteiger partial charge in [0.15, 0.2) is 17.5 Å². The molecule has 0 unspecified atom stereocenters. The normalized spacial score (nSPS) is 15.1. The van der Waals surface area contributed by atoms with E-state index in [1.54, 1.807) is 19.2 Å². The van der Waals surface area contributed by atoms with E-state index >= 15 is 0 Å². The Kier molecular flexibility index (Phi) is 8.41. The van der Waals surface area contributed by atoms with Crippen LogP contribution >= 0.6 is 24.0 Å². The highest BCUT2D eigenvalue weighted by Crippen LogP contribution is 2.43. The Bertz CT molecular complexity index is 777. The van der Waals surface area contributed by atoms with Crippen molar-refractivity contribution in [3.63, 3.8) is 0 Å². The zero-order chi connectivity index (χ0) is 19.1. The molecule has 0 aliphatic heterocycles. The van der Waals surface area contributed by atoms with Crippen LogP contribution in [-0.4, -0.2) is 31.3 Å². The van der Waals surface area contributed by atoms with Crippen molar-refractivity contribution in [3.8, 4) is 11.5 Å². The molecular weight excluding hydrogens is 465 g/mol. The zero-order valence-corrected chi connectivity index (χ0v) is 18.9. The van der Waals surface area contributed by atoms with Crippen molar-refractivity contribution in [2.24, 2.45) is 4.99 Å². The minimum absolute atomic E-state index is 0. The highest BCUT2D eigenvalue weighted by atomic mass is 127. The number of aromatic hydroxyl groups is 1. The lowest BCUT2D eigenvalue weighted by molar-refractivity contribution is 0.244. The molecule has 3 rings (SSSR count). The van der Waals surface area contributed by atoms with Crippen LogP contribution in [0.5, 0.6) is 11.5 Å². The topological polar surface area (TPSA) is 65.9 Å². The standard InChI is InChI=1S/C22H29N3O2.HI/c1-3-23-21(24-15-17-10-11-20(27-2)19(26)14-17)25-16-22(12-7-13-22)18-8-5-4-6-9-18;/h4-6,8-11,14,26H,3,7,12-13,15-16H2,1-2H3,(H2,23,24,25);1H. The molecule has 2 aromatic carbocycles. The van der Waals surface area contributed by atoms with Gasteiger partial charge in [0.05, 0.1) is 13.7 Å². The molecule has 1 aliphatic carbocycles. The summed E-state index contributed by atoms with van der Waals surface area (Å²) in [6, 6.07) is 16.1. The van der Waals surface area contributed by atoms with Gasteiger partial charge in [0.25, 0.3) is 0 Å². The van der Waals surface area contributed by atoms with E-state index in [-0.39, 0.29) is 35.1 Å². The molecule has 0 radical (unpaired) electrons. The van der Waals surface area contributed by atoms with Gasteiger partial charge in [-0.3, -0.25) is 0 Å². The summed E-state index contributed by atoms with van der Waals surface area (Å²) in [6.45, 7) is 4.23. The lowest BCUT2D eigenvalue weighted by atomic mass is 9.64. The second-order valence-electron chi connectivity index (χ2n) is 7.05. The first-order chi connectivity index (χ1) is 13.2. The van der Waals surface area contributed by atoms with Gasteiger partial charge in [-0.05, 0) is 43.0 Å². The molecule has 2 aromatic rings. The van der Waals surface area contributed by atoms with Gasteiger partial charge in [-0.25, -0.2) is 4.99 Å². The number of halogens is 1. The highest BCUT2D eigenvalue weighted by Gasteiger charge is 2.38. The Balaban J connectivity index is 0.00000280. The number of phenols is 1. The Hall–Kier alpha value is -1.96. The van der Waals surface area contributed by atoms with Crippen LogP contribution in [0.1, 0.15) is 37.3 Å². The fourth-order valence-corrected chi connectivity index (χ4v) is 3.56. The minimum atomic E-state index is 0. The van der Waals surface area contributed by atoms with E-state index in [0.717, 1.165) is 24.6 Å². The van der Waals surface area contributed by atoms with Crippen LogP contribution in [0.3, 0.4) is 0 Å². The van der Waals surface area contributed by atoms with Crippen molar-refractivity contribution >= 4 is 29.9 Å². The number of phenolic OH excluding ortho intramolecular Hbond substituents is 1. The molecule has 0 atom stereocenters. The Morgan fingerprint density at radius 3 is 2.46 bits per heavy atom. The molecule has 152 valence electrons. The van der Waals surface area contributed by atoms with Gasteiger partial charge in [-0.1, -0.05) is 42.8 Å². The van der Waals surface area contributed by atoms with E-state index in [1.165, 1.54) is 24.8 Å². The molecule has 0 spiro atoms. The molecular formula is C22H30IN3O2. The summed E-state index contributed by atoms with van der Waals surface area (Å²) >= 11 is 0. The van der Waals surface area contributed by atoms with Gasteiger partial charge in [-0.15, -0.1) is 24.0 Å². The number of benzene rings is 2. The number of hydrogen-bond donors (Lipinski definition) is 3. The van der Waals surface area contributed by atoms with Crippen LogP contribution < -0.4 is 15.4 Å². The van der Waals surface area contributed by atoms with Crippen molar-refractivity contribution < 1.29 is 9.84 Å². The monoisotopic (exact) mass is 495 g/mol. The maximum atomic E-state index is 9.93. The van der Waals surface area contributed by atoms with Crippen molar-refractivity contribution in [2.75, 3.05) is 20.2 Å². The average Bonchev–Trinajstić information content (AvgIpc) is 2.66. The quantitative estimate of drug-likeness (QED) is 0.306. The van der Waals surface area contributed by atoms with Gasteiger partial charge in [0.1, 0.15) is 0 Å². The van der Waals surface area contributed by atoms with E-state index in [0.29, 0.717) is 12.3 Å². The molecule has 1 aliphatic rings. The number of nitrogens with one attached hydrogen (secondary N) is 2. The van der Waals surface area contributed by atoms with Crippen LogP contribution in [0.25, 0.3) is 0 Å². The lowest BCUT2D eigenvalue weighted by Gasteiger charge is -2.43. The summed E-state index contributed by atoms with van der Waals surface area (Å²) in [5.41, 5.74) is 2.54. The number of ether oxygens (including phenoxy) is 1. The summed E-state index contributed by atoms with van der Waals surface area (Å²) in [5.74, 6) is 1.42. The van der Waals surface area contributed by atoms with Gasteiger partial charge < -0.3 is 20.5 Å². The molecule has 3 N–H and O–H groups in total. The average molecular weight is 495 g/mol. The van der Waals surface area contributed by atoms with E-state index in [9.17, 15) is 5.11 Å². The van der Waals surface area contributed by atoms with Crippen molar-refractivity contribution in [2.45, 2.75) is 38.1 Å². The molecule has 0 heterocycles. The van der Waals surface area contributed by atoms with Gasteiger partial charge >= 0.3 is 0 Å². The number of guanidine groups is 1. The maximum absolute atomic E-state index is 9.93. The van der Waals surface area contributed by atoms with E-state index in [1.807, 2.05) is 6.07 Å². The highest BCUT2D eigenvalue weighted by molar-refractivity contribution is 14.0. The SMILES string of the molecule is CCNC(=NCc1ccc(OC)c(O)c1)NCC1(c2ccccc2)CCC1.I. The summed E-state index contributed by atoms with van der Waals surface area (Å²) in [5, 5.41) is 16.8. The van der Waals surface area contributed by atoms with Crippen molar-refractivity contribution in [1.29, 1.82) is 0 Å². The van der Waals surface area contributed by atoms with E-state index in [2.05, 4.69) is 52.9 Å². The smallest absolute Gasteiger partial charge is 0.191 e. The molecule has 0 bridgehead atoms. The molecule has 5 nitrogen and oxygen atoms in total. The largest absolute Gasteiger partial charge is 0.504 e. The lowest BCUT2D eigenvalue weighted by Crippen LogP contribution is -2.48. The third kappa shape index (κ3) is 5.31. The zero-order valence-electron chi connectivity index (χ0n) is 16.6. The Morgan fingerprint density at radius 2 is 1.89 bits per heavy atom. The molecule has 6 heteroatoms. The third-order valence-electron chi connectivity index (χ3n) is 5.30. The summed E-state index contributed by atoms with van der Waals surface area (Å²) in [4.78, 5) is 4.68. The molecule has 1 fully saturated rings. The van der Waals surface area contributed by atoms with Gasteiger partial charge in [0, 0.05) is 18.5 Å². The molecule has 0 saturated heterocycles. The second kappa shape index (κ2) is 10.5. The van der Waals surface area contributed by atoms with Crippen LogP contribution in [0, 0.1) is 0 Å². The van der Waals surface area contributed by atoms with Crippen molar-refractivity contribution in [1.82, 2.24) is 10.6 Å². The van der Waals surface area contributed by atoms with Crippen LogP contribution in [0.4, 0.5) is 0 Å². The van der Waals surface area contributed by atoms with Gasteiger partial charge in [0.2, 0.25) is 0 Å². The predicted molar refractivity (Wildman–Crippen MR) is 125 cm³/mol. The number of nitrogens with zero attached hydrogens (tertiary/aromatic N) is 1. The first-order valence-corrected chi connectivity index (χ1v) is 9.60. The van der Waals surface area contributed by atoms with Crippen LogP contribution in [-0.2, 0) is 12.0 Å². The van der Waals surface area contributed by atoms with Crippen LogP contribution in [0.2, 0.25) is 0 Å². The minimum Gasteiger partial charge on any atom is -0.504 e. The third-order valence-corrected chi connectivity index (χ3v) is 5.30. The summed E-state index contributed by atoms with van der Waals surface area (Å²) in [6.07, 6.45) is 3.68.